The summed E-state index contributed by atoms with van der Waals surface area (Å²) in [5, 5.41) is 1.25. The molecule has 1 aromatic heterocycles. The molecule has 1 aliphatic heterocycles. The second-order valence-corrected chi connectivity index (χ2v) is 8.61. The highest BCUT2D eigenvalue weighted by Gasteiger charge is 2.25. The van der Waals surface area contributed by atoms with Gasteiger partial charge in [-0.2, -0.15) is 0 Å². The molecule has 2 heterocycles. The Hall–Kier alpha value is -0.450. The molecule has 0 aromatic carbocycles. The van der Waals surface area contributed by atoms with Gasteiger partial charge >= 0.3 is 0 Å². The molecule has 2 N–H and O–H groups in total. The van der Waals surface area contributed by atoms with E-state index in [1.54, 1.807) is 0 Å². The Morgan fingerprint density at radius 2 is 2.10 bits per heavy atom. The molecule has 1 fully saturated rings. The van der Waals surface area contributed by atoms with Gasteiger partial charge in [0.2, 0.25) is 0 Å². The molecule has 0 bridgehead atoms. The molecule has 2 rings (SSSR count). The first kappa shape index (κ1) is 16.9. The van der Waals surface area contributed by atoms with Crippen molar-refractivity contribution in [2.45, 2.75) is 77.8 Å². The molecule has 4 heteroatoms. The number of hydrogen-bond acceptors (Lipinski definition) is 4. The van der Waals surface area contributed by atoms with Crippen molar-refractivity contribution in [2.75, 3.05) is 13.1 Å². The number of nitrogens with zero attached hydrogens (tertiary/aromatic N) is 2. The highest BCUT2D eigenvalue weighted by molar-refractivity contribution is 7.11. The minimum absolute atomic E-state index is 0.0795. The number of thiazole rings is 1. The van der Waals surface area contributed by atoms with Gasteiger partial charge in [-0.15, -0.1) is 11.3 Å². The molecule has 0 spiro atoms. The Kier molecular flexibility index (Phi) is 5.44. The summed E-state index contributed by atoms with van der Waals surface area (Å²) < 4.78 is 0. The number of nitrogens with two attached hydrogens (primary N) is 1. The van der Waals surface area contributed by atoms with Crippen LogP contribution < -0.4 is 5.73 Å². The third kappa shape index (κ3) is 4.27. The SMILES string of the molecule is CC(N)c1sc(CCN2CCCCC2C)nc1C(C)(C)C. The summed E-state index contributed by atoms with van der Waals surface area (Å²) >= 11 is 1.82. The Morgan fingerprint density at radius 1 is 1.38 bits per heavy atom. The fraction of sp³-hybridized carbons (Fsp3) is 0.824. The van der Waals surface area contributed by atoms with E-state index < -0.39 is 0 Å². The highest BCUT2D eigenvalue weighted by atomic mass is 32.1. The first-order valence-electron chi connectivity index (χ1n) is 8.28. The van der Waals surface area contributed by atoms with Gasteiger partial charge in [-0.1, -0.05) is 27.2 Å². The molecule has 0 amide bonds. The fourth-order valence-corrected chi connectivity index (χ4v) is 4.28. The van der Waals surface area contributed by atoms with Gasteiger partial charge in [0.25, 0.3) is 0 Å². The van der Waals surface area contributed by atoms with Crippen molar-refractivity contribution < 1.29 is 0 Å². The summed E-state index contributed by atoms with van der Waals surface area (Å²) in [6.45, 7) is 13.5. The van der Waals surface area contributed by atoms with Gasteiger partial charge in [0.15, 0.2) is 0 Å². The molecular weight excluding hydrogens is 278 g/mol. The Labute approximate surface area is 133 Å². The van der Waals surface area contributed by atoms with Crippen LogP contribution in [0.15, 0.2) is 0 Å². The predicted molar refractivity (Wildman–Crippen MR) is 92.0 cm³/mol. The van der Waals surface area contributed by atoms with Crippen LogP contribution in [0.25, 0.3) is 0 Å². The van der Waals surface area contributed by atoms with Crippen LogP contribution in [0, 0.1) is 0 Å². The van der Waals surface area contributed by atoms with E-state index in [1.165, 1.54) is 41.4 Å². The second kappa shape index (κ2) is 6.76. The lowest BCUT2D eigenvalue weighted by Crippen LogP contribution is -2.38. The molecule has 3 nitrogen and oxygen atoms in total. The van der Waals surface area contributed by atoms with E-state index in [1.807, 2.05) is 11.3 Å². The number of likely N-dealkylation sites (tertiary alicyclic amines) is 1. The van der Waals surface area contributed by atoms with Gasteiger partial charge in [0.1, 0.15) is 0 Å². The van der Waals surface area contributed by atoms with Crippen LogP contribution in [-0.4, -0.2) is 29.0 Å². The molecule has 0 aliphatic carbocycles. The van der Waals surface area contributed by atoms with Crippen molar-refractivity contribution in [3.05, 3.63) is 15.6 Å². The molecule has 120 valence electrons. The zero-order valence-electron chi connectivity index (χ0n) is 14.3. The molecule has 21 heavy (non-hydrogen) atoms. The molecular formula is C17H31N3S. The first-order chi connectivity index (χ1) is 9.79. The van der Waals surface area contributed by atoms with Crippen molar-refractivity contribution in [3.8, 4) is 0 Å². The average molecular weight is 310 g/mol. The second-order valence-electron chi connectivity index (χ2n) is 7.49. The Bertz CT molecular complexity index is 459. The monoisotopic (exact) mass is 309 g/mol. The molecule has 0 saturated carbocycles. The van der Waals surface area contributed by atoms with Crippen LogP contribution in [0.5, 0.6) is 0 Å². The van der Waals surface area contributed by atoms with Crippen LogP contribution in [0.1, 0.15) is 75.5 Å². The van der Waals surface area contributed by atoms with E-state index >= 15 is 0 Å². The topological polar surface area (TPSA) is 42.1 Å². The third-order valence-corrected chi connectivity index (χ3v) is 5.69. The van der Waals surface area contributed by atoms with E-state index in [0.29, 0.717) is 0 Å². The van der Waals surface area contributed by atoms with Gasteiger partial charge in [0, 0.05) is 35.3 Å². The van der Waals surface area contributed by atoms with E-state index in [-0.39, 0.29) is 11.5 Å². The number of piperidine rings is 1. The zero-order valence-corrected chi connectivity index (χ0v) is 15.1. The van der Waals surface area contributed by atoms with Crippen molar-refractivity contribution in [1.82, 2.24) is 9.88 Å². The lowest BCUT2D eigenvalue weighted by Gasteiger charge is -2.33. The average Bonchev–Trinajstić information content (AvgIpc) is 2.82. The van der Waals surface area contributed by atoms with Crippen LogP contribution in [0.3, 0.4) is 0 Å². The minimum Gasteiger partial charge on any atom is -0.323 e. The first-order valence-corrected chi connectivity index (χ1v) is 9.10. The molecule has 2 unspecified atom stereocenters. The third-order valence-electron chi connectivity index (χ3n) is 4.38. The maximum absolute atomic E-state index is 6.15. The molecule has 2 atom stereocenters. The Morgan fingerprint density at radius 3 is 2.62 bits per heavy atom. The smallest absolute Gasteiger partial charge is 0.0944 e. The summed E-state index contributed by atoms with van der Waals surface area (Å²) in [6.07, 6.45) is 5.14. The Balaban J connectivity index is 2.07. The lowest BCUT2D eigenvalue weighted by atomic mass is 9.90. The zero-order chi connectivity index (χ0) is 15.6. The summed E-state index contributed by atoms with van der Waals surface area (Å²) in [7, 11) is 0. The summed E-state index contributed by atoms with van der Waals surface area (Å²) in [5.41, 5.74) is 7.42. The van der Waals surface area contributed by atoms with E-state index in [0.717, 1.165) is 19.0 Å². The number of aromatic nitrogens is 1. The maximum atomic E-state index is 6.15. The van der Waals surface area contributed by atoms with E-state index in [4.69, 9.17) is 10.7 Å². The molecule has 1 aliphatic rings. The summed E-state index contributed by atoms with van der Waals surface area (Å²) in [5.74, 6) is 0. The predicted octanol–water partition coefficient (Wildman–Crippen LogP) is 3.88. The standard InChI is InChI=1S/C17H31N3S/c1-12-8-6-7-10-20(12)11-9-14-19-16(17(3,4)5)15(21-14)13(2)18/h12-13H,6-11,18H2,1-5H3. The van der Waals surface area contributed by atoms with Gasteiger partial charge in [0.05, 0.1) is 10.7 Å². The van der Waals surface area contributed by atoms with Crippen LogP contribution in [-0.2, 0) is 11.8 Å². The number of hydrogen-bond donors (Lipinski definition) is 1. The summed E-state index contributed by atoms with van der Waals surface area (Å²) in [6, 6.07) is 0.813. The number of rotatable bonds is 4. The van der Waals surface area contributed by atoms with Gasteiger partial charge in [-0.3, -0.25) is 0 Å². The van der Waals surface area contributed by atoms with Gasteiger partial charge in [-0.25, -0.2) is 4.98 Å². The van der Waals surface area contributed by atoms with E-state index in [2.05, 4.69) is 39.5 Å². The van der Waals surface area contributed by atoms with E-state index in [9.17, 15) is 0 Å². The largest absolute Gasteiger partial charge is 0.323 e. The van der Waals surface area contributed by atoms with Crippen molar-refractivity contribution >= 4 is 11.3 Å². The molecule has 1 aromatic rings. The van der Waals surface area contributed by atoms with Crippen LogP contribution in [0.4, 0.5) is 0 Å². The van der Waals surface area contributed by atoms with Gasteiger partial charge in [-0.05, 0) is 33.2 Å². The summed E-state index contributed by atoms with van der Waals surface area (Å²) in [4.78, 5) is 8.81. The minimum atomic E-state index is 0.0795. The lowest BCUT2D eigenvalue weighted by molar-refractivity contribution is 0.163. The molecule has 1 saturated heterocycles. The van der Waals surface area contributed by atoms with Crippen LogP contribution in [0.2, 0.25) is 0 Å². The molecule has 0 radical (unpaired) electrons. The van der Waals surface area contributed by atoms with Crippen molar-refractivity contribution in [1.29, 1.82) is 0 Å². The van der Waals surface area contributed by atoms with Crippen LogP contribution >= 0.6 is 11.3 Å². The highest BCUT2D eigenvalue weighted by Crippen LogP contribution is 2.33. The quantitative estimate of drug-likeness (QED) is 0.918. The normalized spacial score (nSPS) is 22.5. The van der Waals surface area contributed by atoms with Crippen molar-refractivity contribution in [2.24, 2.45) is 5.73 Å². The fourth-order valence-electron chi connectivity index (χ4n) is 3.06. The maximum Gasteiger partial charge on any atom is 0.0944 e. The van der Waals surface area contributed by atoms with Crippen molar-refractivity contribution in [3.63, 3.8) is 0 Å². The van der Waals surface area contributed by atoms with Gasteiger partial charge < -0.3 is 10.6 Å².